The first kappa shape index (κ1) is 22.0. The van der Waals surface area contributed by atoms with Gasteiger partial charge in [0.2, 0.25) is 0 Å². The molecule has 0 bridgehead atoms. The second-order valence-corrected chi connectivity index (χ2v) is 7.30. The molecule has 0 atom stereocenters. The minimum Gasteiger partial charge on any atom is -0.507 e. The van der Waals surface area contributed by atoms with Crippen molar-refractivity contribution in [3.05, 3.63) is 82.5 Å². The van der Waals surface area contributed by atoms with Crippen LogP contribution < -0.4 is 0 Å². The standard InChI is InChI=1S/C25H28O4/c1-17(2)8-7-9-18(3)12-14-20-22(27)16-23(28)24(25(20)29)21(26)15-13-19-10-5-4-6-11-19/h4-6,8,10-13,15-16,27-29H,7,9,14H2,1-3H3/b15-13+,18-12+. The number of aromatic hydroxyl groups is 3. The molecule has 0 fully saturated rings. The van der Waals surface area contributed by atoms with E-state index in [2.05, 4.69) is 19.9 Å². The Labute approximate surface area is 172 Å². The quantitative estimate of drug-likeness (QED) is 0.295. The lowest BCUT2D eigenvalue weighted by molar-refractivity contribution is 0.104. The Morgan fingerprint density at radius 1 is 0.966 bits per heavy atom. The molecule has 3 N–H and O–H groups in total. The number of benzene rings is 2. The predicted octanol–water partition coefficient (Wildman–Crippen LogP) is 5.93. The van der Waals surface area contributed by atoms with E-state index in [-0.39, 0.29) is 23.3 Å². The first-order chi connectivity index (χ1) is 13.8. The molecule has 2 aromatic rings. The third kappa shape index (κ3) is 6.39. The lowest BCUT2D eigenvalue weighted by Gasteiger charge is -2.11. The number of hydrogen-bond acceptors (Lipinski definition) is 4. The molecule has 0 amide bonds. The molecule has 0 aromatic heterocycles. The number of phenolic OH excluding ortho intramolecular Hbond substituents is 3. The smallest absolute Gasteiger partial charge is 0.193 e. The van der Waals surface area contributed by atoms with Gasteiger partial charge in [0, 0.05) is 11.6 Å². The van der Waals surface area contributed by atoms with Gasteiger partial charge in [-0.2, -0.15) is 0 Å². The summed E-state index contributed by atoms with van der Waals surface area (Å²) in [5.41, 5.74) is 3.22. The molecule has 0 aliphatic heterocycles. The second kappa shape index (κ2) is 10.3. The second-order valence-electron chi connectivity index (χ2n) is 7.30. The van der Waals surface area contributed by atoms with Crippen molar-refractivity contribution in [3.8, 4) is 17.2 Å². The fraction of sp³-hybridized carbons (Fsp3) is 0.240. The number of carbonyl (C=O) groups is 1. The van der Waals surface area contributed by atoms with E-state index in [4.69, 9.17) is 0 Å². The van der Waals surface area contributed by atoms with Gasteiger partial charge in [0.1, 0.15) is 22.8 Å². The minimum absolute atomic E-state index is 0.208. The van der Waals surface area contributed by atoms with E-state index >= 15 is 0 Å². The summed E-state index contributed by atoms with van der Waals surface area (Å²) in [6.45, 7) is 6.09. The molecule has 0 saturated heterocycles. The molecule has 0 spiro atoms. The molecular weight excluding hydrogens is 364 g/mol. The van der Waals surface area contributed by atoms with Gasteiger partial charge in [-0.1, -0.05) is 59.7 Å². The van der Waals surface area contributed by atoms with Gasteiger partial charge in [-0.25, -0.2) is 0 Å². The molecule has 0 radical (unpaired) electrons. The number of phenols is 3. The van der Waals surface area contributed by atoms with Crippen LogP contribution in [-0.4, -0.2) is 21.1 Å². The fourth-order valence-electron chi connectivity index (χ4n) is 2.91. The van der Waals surface area contributed by atoms with E-state index in [0.29, 0.717) is 0 Å². The highest BCUT2D eigenvalue weighted by atomic mass is 16.3. The van der Waals surface area contributed by atoms with Gasteiger partial charge in [-0.15, -0.1) is 0 Å². The minimum atomic E-state index is -0.533. The maximum absolute atomic E-state index is 12.6. The summed E-state index contributed by atoms with van der Waals surface area (Å²) in [5.74, 6) is -1.61. The summed E-state index contributed by atoms with van der Waals surface area (Å²) in [5, 5.41) is 30.8. The van der Waals surface area contributed by atoms with Gasteiger partial charge in [0.05, 0.1) is 0 Å². The van der Waals surface area contributed by atoms with Crippen molar-refractivity contribution in [1.29, 1.82) is 0 Å². The van der Waals surface area contributed by atoms with Crippen molar-refractivity contribution in [3.63, 3.8) is 0 Å². The van der Waals surface area contributed by atoms with Crippen LogP contribution in [0, 0.1) is 0 Å². The predicted molar refractivity (Wildman–Crippen MR) is 117 cm³/mol. The third-order valence-corrected chi connectivity index (χ3v) is 4.58. The van der Waals surface area contributed by atoms with E-state index in [1.165, 1.54) is 11.6 Å². The lowest BCUT2D eigenvalue weighted by Crippen LogP contribution is -1.99. The lowest BCUT2D eigenvalue weighted by atomic mass is 9.98. The Morgan fingerprint density at radius 2 is 1.66 bits per heavy atom. The monoisotopic (exact) mass is 392 g/mol. The number of hydrogen-bond donors (Lipinski definition) is 3. The van der Waals surface area contributed by atoms with Crippen molar-refractivity contribution < 1.29 is 20.1 Å². The average molecular weight is 392 g/mol. The number of ketones is 1. The number of rotatable bonds is 8. The Balaban J connectivity index is 2.24. The van der Waals surface area contributed by atoms with Gasteiger partial charge >= 0.3 is 0 Å². The van der Waals surface area contributed by atoms with E-state index < -0.39 is 17.3 Å². The van der Waals surface area contributed by atoms with Crippen LogP contribution in [-0.2, 0) is 6.42 Å². The Hall–Kier alpha value is -3.27. The van der Waals surface area contributed by atoms with E-state index in [9.17, 15) is 20.1 Å². The Morgan fingerprint density at radius 3 is 2.31 bits per heavy atom. The van der Waals surface area contributed by atoms with Gasteiger partial charge in [0.25, 0.3) is 0 Å². The molecular formula is C25H28O4. The average Bonchev–Trinajstić information content (AvgIpc) is 2.66. The topological polar surface area (TPSA) is 77.8 Å². The Bertz CT molecular complexity index is 947. The molecule has 0 heterocycles. The van der Waals surface area contributed by atoms with Crippen molar-refractivity contribution in [1.82, 2.24) is 0 Å². The summed E-state index contributed by atoms with van der Waals surface area (Å²) in [6.07, 6.45) is 9.04. The normalized spacial score (nSPS) is 11.6. The highest BCUT2D eigenvalue weighted by Crippen LogP contribution is 2.38. The van der Waals surface area contributed by atoms with Gasteiger partial charge in [-0.05, 0) is 51.7 Å². The maximum Gasteiger partial charge on any atom is 0.193 e. The number of carbonyl (C=O) groups excluding carboxylic acids is 1. The molecule has 0 saturated carbocycles. The highest BCUT2D eigenvalue weighted by Gasteiger charge is 2.20. The molecule has 152 valence electrons. The van der Waals surface area contributed by atoms with Crippen molar-refractivity contribution >= 4 is 11.9 Å². The van der Waals surface area contributed by atoms with Crippen LogP contribution in [0.15, 0.2) is 65.8 Å². The van der Waals surface area contributed by atoms with Crippen LogP contribution in [0.3, 0.4) is 0 Å². The summed E-state index contributed by atoms with van der Waals surface area (Å²) in [6, 6.07) is 10.4. The molecule has 2 rings (SSSR count). The van der Waals surface area contributed by atoms with Crippen LogP contribution >= 0.6 is 0 Å². The van der Waals surface area contributed by atoms with Gasteiger partial charge < -0.3 is 15.3 Å². The number of allylic oxidation sites excluding steroid dienone is 5. The Kier molecular flexibility index (Phi) is 7.84. The molecule has 29 heavy (non-hydrogen) atoms. The van der Waals surface area contributed by atoms with E-state index in [1.807, 2.05) is 43.3 Å². The summed E-state index contributed by atoms with van der Waals surface area (Å²) in [4.78, 5) is 12.6. The zero-order valence-corrected chi connectivity index (χ0v) is 17.1. The van der Waals surface area contributed by atoms with Crippen LogP contribution in [0.5, 0.6) is 17.2 Å². The first-order valence-electron chi connectivity index (χ1n) is 9.62. The van der Waals surface area contributed by atoms with Crippen LogP contribution in [0.4, 0.5) is 0 Å². The maximum atomic E-state index is 12.6. The van der Waals surface area contributed by atoms with E-state index in [0.717, 1.165) is 30.0 Å². The molecule has 2 aromatic carbocycles. The van der Waals surface area contributed by atoms with Crippen LogP contribution in [0.2, 0.25) is 0 Å². The molecule has 4 nitrogen and oxygen atoms in total. The summed E-state index contributed by atoms with van der Waals surface area (Å²) < 4.78 is 0. The van der Waals surface area contributed by atoms with Crippen molar-refractivity contribution in [2.45, 2.75) is 40.0 Å². The zero-order valence-electron chi connectivity index (χ0n) is 17.1. The SMILES string of the molecule is CC(C)=CCC/C(C)=C/Cc1c(O)cc(O)c(C(=O)/C=C/c2ccccc2)c1O. The highest BCUT2D eigenvalue weighted by molar-refractivity contribution is 6.10. The van der Waals surface area contributed by atoms with Crippen molar-refractivity contribution in [2.75, 3.05) is 0 Å². The van der Waals surface area contributed by atoms with Crippen molar-refractivity contribution in [2.24, 2.45) is 0 Å². The fourth-order valence-corrected chi connectivity index (χ4v) is 2.91. The summed E-state index contributed by atoms with van der Waals surface area (Å²) in [7, 11) is 0. The van der Waals surface area contributed by atoms with Gasteiger partial charge in [0.15, 0.2) is 5.78 Å². The van der Waals surface area contributed by atoms with Crippen LogP contribution in [0.25, 0.3) is 6.08 Å². The largest absolute Gasteiger partial charge is 0.507 e. The van der Waals surface area contributed by atoms with Crippen LogP contribution in [0.1, 0.15) is 55.1 Å². The zero-order chi connectivity index (χ0) is 21.4. The van der Waals surface area contributed by atoms with E-state index in [1.54, 1.807) is 6.08 Å². The molecule has 0 unspecified atom stereocenters. The molecule has 0 aliphatic carbocycles. The molecule has 4 heteroatoms. The first-order valence-corrected chi connectivity index (χ1v) is 9.62. The summed E-state index contributed by atoms with van der Waals surface area (Å²) >= 11 is 0. The molecule has 0 aliphatic rings. The van der Waals surface area contributed by atoms with Gasteiger partial charge in [-0.3, -0.25) is 4.79 Å². The third-order valence-electron chi connectivity index (χ3n) is 4.58.